The third-order valence-corrected chi connectivity index (χ3v) is 4.67. The molecule has 3 amide bonds. The smallest absolute Gasteiger partial charge is 0.325 e. The maximum absolute atomic E-state index is 12.4. The van der Waals surface area contributed by atoms with Gasteiger partial charge in [-0.25, -0.2) is 9.78 Å². The Morgan fingerprint density at radius 1 is 1.00 bits per heavy atom. The molecule has 27 heavy (non-hydrogen) atoms. The Hall–Kier alpha value is -3.19. The SMILES string of the molecule is Cc1ccc(NC(=O)Nc2nc(C(=O)N[C@@H](C)c3ccccc3)cs2)cc1. The van der Waals surface area contributed by atoms with Crippen molar-refractivity contribution >= 4 is 34.1 Å². The molecule has 0 unspecified atom stereocenters. The second-order valence-corrected chi connectivity index (χ2v) is 6.95. The van der Waals surface area contributed by atoms with Gasteiger partial charge in [-0.15, -0.1) is 11.3 Å². The second-order valence-electron chi connectivity index (χ2n) is 6.09. The van der Waals surface area contributed by atoms with Gasteiger partial charge in [0.15, 0.2) is 5.13 Å². The van der Waals surface area contributed by atoms with E-state index in [-0.39, 0.29) is 17.6 Å². The summed E-state index contributed by atoms with van der Waals surface area (Å²) in [5.41, 5.74) is 3.08. The van der Waals surface area contributed by atoms with Gasteiger partial charge in [-0.3, -0.25) is 10.1 Å². The Labute approximate surface area is 161 Å². The number of nitrogens with zero attached hydrogens (tertiary/aromatic N) is 1. The third-order valence-electron chi connectivity index (χ3n) is 3.91. The molecule has 138 valence electrons. The predicted molar refractivity (Wildman–Crippen MR) is 108 cm³/mol. The zero-order valence-electron chi connectivity index (χ0n) is 15.0. The van der Waals surface area contributed by atoms with Gasteiger partial charge in [-0.05, 0) is 31.5 Å². The molecule has 2 aromatic carbocycles. The number of hydrogen-bond donors (Lipinski definition) is 3. The summed E-state index contributed by atoms with van der Waals surface area (Å²) in [5, 5.41) is 10.2. The van der Waals surface area contributed by atoms with E-state index in [9.17, 15) is 9.59 Å². The molecule has 0 saturated carbocycles. The molecule has 0 radical (unpaired) electrons. The van der Waals surface area contributed by atoms with Crippen molar-refractivity contribution in [3.63, 3.8) is 0 Å². The van der Waals surface area contributed by atoms with Crippen LogP contribution in [-0.2, 0) is 0 Å². The summed E-state index contributed by atoms with van der Waals surface area (Å²) in [6.45, 7) is 3.89. The topological polar surface area (TPSA) is 83.1 Å². The van der Waals surface area contributed by atoms with Gasteiger partial charge < -0.3 is 10.6 Å². The molecule has 0 fully saturated rings. The van der Waals surface area contributed by atoms with Crippen LogP contribution in [0.1, 0.15) is 34.6 Å². The molecule has 0 bridgehead atoms. The lowest BCUT2D eigenvalue weighted by Crippen LogP contribution is -2.27. The van der Waals surface area contributed by atoms with E-state index in [2.05, 4.69) is 20.9 Å². The highest BCUT2D eigenvalue weighted by Gasteiger charge is 2.15. The van der Waals surface area contributed by atoms with Crippen LogP contribution in [0.4, 0.5) is 15.6 Å². The lowest BCUT2D eigenvalue weighted by Gasteiger charge is -2.13. The Kier molecular flexibility index (Phi) is 5.83. The Morgan fingerprint density at radius 3 is 2.41 bits per heavy atom. The van der Waals surface area contributed by atoms with E-state index in [1.807, 2.05) is 68.4 Å². The number of carbonyl (C=O) groups is 2. The number of amides is 3. The summed E-state index contributed by atoms with van der Waals surface area (Å²) < 4.78 is 0. The van der Waals surface area contributed by atoms with Crippen LogP contribution in [0, 0.1) is 6.92 Å². The van der Waals surface area contributed by atoms with E-state index >= 15 is 0 Å². The first-order valence-corrected chi connectivity index (χ1v) is 9.35. The standard InChI is InChI=1S/C20H20N4O2S/c1-13-8-10-16(11-9-13)22-19(26)24-20-23-17(12-27-20)18(25)21-14(2)15-6-4-3-5-7-15/h3-12,14H,1-2H3,(H,21,25)(H2,22,23,24,26)/t14-/m0/s1. The zero-order valence-corrected chi connectivity index (χ0v) is 15.8. The summed E-state index contributed by atoms with van der Waals surface area (Å²) in [4.78, 5) is 28.6. The Morgan fingerprint density at radius 2 is 1.70 bits per heavy atom. The maximum Gasteiger partial charge on any atom is 0.325 e. The van der Waals surface area contributed by atoms with Crippen LogP contribution >= 0.6 is 11.3 Å². The van der Waals surface area contributed by atoms with Gasteiger partial charge in [-0.2, -0.15) is 0 Å². The molecule has 1 heterocycles. The van der Waals surface area contributed by atoms with E-state index in [0.29, 0.717) is 10.8 Å². The van der Waals surface area contributed by atoms with Crippen LogP contribution in [0.2, 0.25) is 0 Å². The van der Waals surface area contributed by atoms with E-state index in [1.54, 1.807) is 5.38 Å². The number of nitrogens with one attached hydrogen (secondary N) is 3. The minimum absolute atomic E-state index is 0.137. The molecule has 7 heteroatoms. The van der Waals surface area contributed by atoms with Gasteiger partial charge in [0, 0.05) is 11.1 Å². The fraction of sp³-hybridized carbons (Fsp3) is 0.150. The first kappa shape index (κ1) is 18.6. The lowest BCUT2D eigenvalue weighted by molar-refractivity contribution is 0.0935. The van der Waals surface area contributed by atoms with Crippen molar-refractivity contribution in [3.8, 4) is 0 Å². The quantitative estimate of drug-likeness (QED) is 0.605. The minimum Gasteiger partial charge on any atom is -0.344 e. The van der Waals surface area contributed by atoms with Gasteiger partial charge in [-0.1, -0.05) is 48.0 Å². The van der Waals surface area contributed by atoms with Gasteiger partial charge in [0.2, 0.25) is 0 Å². The molecule has 0 saturated heterocycles. The van der Waals surface area contributed by atoms with Crippen molar-refractivity contribution in [2.75, 3.05) is 10.6 Å². The normalized spacial score (nSPS) is 11.5. The van der Waals surface area contributed by atoms with Crippen LogP contribution in [0.3, 0.4) is 0 Å². The van der Waals surface area contributed by atoms with Crippen molar-refractivity contribution in [1.82, 2.24) is 10.3 Å². The fourth-order valence-electron chi connectivity index (χ4n) is 2.43. The molecular weight excluding hydrogens is 360 g/mol. The maximum atomic E-state index is 12.4. The number of anilines is 2. The van der Waals surface area contributed by atoms with Crippen LogP contribution in [0.15, 0.2) is 60.0 Å². The highest BCUT2D eigenvalue weighted by molar-refractivity contribution is 7.14. The predicted octanol–water partition coefficient (Wildman–Crippen LogP) is 4.59. The molecular formula is C20H20N4O2S. The summed E-state index contributed by atoms with van der Waals surface area (Å²) in [7, 11) is 0. The van der Waals surface area contributed by atoms with Gasteiger partial charge in [0.1, 0.15) is 5.69 Å². The minimum atomic E-state index is -0.405. The van der Waals surface area contributed by atoms with E-state index in [0.717, 1.165) is 11.1 Å². The molecule has 1 aromatic heterocycles. The molecule has 0 spiro atoms. The van der Waals surface area contributed by atoms with Crippen molar-refractivity contribution < 1.29 is 9.59 Å². The molecule has 1 atom stereocenters. The average Bonchev–Trinajstić information content (AvgIpc) is 3.13. The fourth-order valence-corrected chi connectivity index (χ4v) is 3.11. The largest absolute Gasteiger partial charge is 0.344 e. The number of urea groups is 1. The summed E-state index contributed by atoms with van der Waals surface area (Å²) >= 11 is 1.20. The highest BCUT2D eigenvalue weighted by Crippen LogP contribution is 2.18. The molecule has 3 N–H and O–H groups in total. The number of carbonyl (C=O) groups excluding carboxylic acids is 2. The van der Waals surface area contributed by atoms with Crippen LogP contribution in [-0.4, -0.2) is 16.9 Å². The van der Waals surface area contributed by atoms with Crippen molar-refractivity contribution in [1.29, 1.82) is 0 Å². The monoisotopic (exact) mass is 380 g/mol. The van der Waals surface area contributed by atoms with Gasteiger partial charge in [0.25, 0.3) is 5.91 Å². The third kappa shape index (κ3) is 5.15. The zero-order chi connectivity index (χ0) is 19.2. The Bertz CT molecular complexity index is 923. The molecule has 0 aliphatic heterocycles. The number of aromatic nitrogens is 1. The molecule has 6 nitrogen and oxygen atoms in total. The van der Waals surface area contributed by atoms with Crippen LogP contribution in [0.25, 0.3) is 0 Å². The molecule has 0 aliphatic carbocycles. The number of benzene rings is 2. The van der Waals surface area contributed by atoms with Crippen molar-refractivity contribution in [2.24, 2.45) is 0 Å². The molecule has 3 aromatic rings. The summed E-state index contributed by atoms with van der Waals surface area (Å²) in [5.74, 6) is -0.283. The summed E-state index contributed by atoms with van der Waals surface area (Å²) in [6.07, 6.45) is 0. The second kappa shape index (κ2) is 8.46. The number of thiazole rings is 1. The first-order valence-electron chi connectivity index (χ1n) is 8.47. The Balaban J connectivity index is 1.56. The van der Waals surface area contributed by atoms with E-state index in [1.165, 1.54) is 11.3 Å². The van der Waals surface area contributed by atoms with Crippen LogP contribution in [0.5, 0.6) is 0 Å². The number of hydrogen-bond acceptors (Lipinski definition) is 4. The summed E-state index contributed by atoms with van der Waals surface area (Å²) in [6, 6.07) is 16.6. The van der Waals surface area contributed by atoms with Gasteiger partial charge >= 0.3 is 6.03 Å². The highest BCUT2D eigenvalue weighted by atomic mass is 32.1. The number of aryl methyl sites for hydroxylation is 1. The average molecular weight is 380 g/mol. The van der Waals surface area contributed by atoms with Gasteiger partial charge in [0.05, 0.1) is 6.04 Å². The molecule has 3 rings (SSSR count). The first-order chi connectivity index (χ1) is 13.0. The van der Waals surface area contributed by atoms with Crippen molar-refractivity contribution in [2.45, 2.75) is 19.9 Å². The van der Waals surface area contributed by atoms with E-state index in [4.69, 9.17) is 0 Å². The van der Waals surface area contributed by atoms with E-state index < -0.39 is 6.03 Å². The van der Waals surface area contributed by atoms with Crippen LogP contribution < -0.4 is 16.0 Å². The van der Waals surface area contributed by atoms with Crippen molar-refractivity contribution in [3.05, 3.63) is 76.8 Å². The number of rotatable bonds is 5. The molecule has 0 aliphatic rings. The lowest BCUT2D eigenvalue weighted by atomic mass is 10.1.